The molecule has 1 unspecified atom stereocenters. The lowest BCUT2D eigenvalue weighted by molar-refractivity contribution is 0.556. The molecule has 1 saturated heterocycles. The van der Waals surface area contributed by atoms with Gasteiger partial charge in [-0.05, 0) is 31.4 Å². The largest absolute Gasteiger partial charge is 0.367 e. The summed E-state index contributed by atoms with van der Waals surface area (Å²) in [6.07, 6.45) is 6.12. The molecule has 1 aliphatic rings. The Labute approximate surface area is 114 Å². The third-order valence-electron chi connectivity index (χ3n) is 3.76. The summed E-state index contributed by atoms with van der Waals surface area (Å²) in [5.74, 6) is 0. The maximum absolute atomic E-state index is 9.30. The molecule has 0 radical (unpaired) electrons. The van der Waals surface area contributed by atoms with E-state index >= 15 is 0 Å². The molecule has 18 heavy (non-hydrogen) atoms. The molecule has 2 nitrogen and oxygen atoms in total. The molecule has 0 aliphatic carbocycles. The summed E-state index contributed by atoms with van der Waals surface area (Å²) in [5, 5.41) is 9.86. The van der Waals surface area contributed by atoms with Gasteiger partial charge in [-0.2, -0.15) is 5.26 Å². The molecule has 1 aromatic carbocycles. The van der Waals surface area contributed by atoms with Crippen LogP contribution >= 0.6 is 11.6 Å². The van der Waals surface area contributed by atoms with Gasteiger partial charge >= 0.3 is 0 Å². The van der Waals surface area contributed by atoms with E-state index in [1.165, 1.54) is 25.7 Å². The van der Waals surface area contributed by atoms with Crippen molar-refractivity contribution in [1.82, 2.24) is 0 Å². The number of halogens is 1. The second kappa shape index (κ2) is 6.11. The fourth-order valence-electron chi connectivity index (χ4n) is 2.78. The zero-order valence-corrected chi connectivity index (χ0v) is 11.6. The van der Waals surface area contributed by atoms with E-state index in [1.54, 1.807) is 6.07 Å². The highest BCUT2D eigenvalue weighted by atomic mass is 35.5. The van der Waals surface area contributed by atoms with E-state index in [2.05, 4.69) is 17.9 Å². The van der Waals surface area contributed by atoms with Crippen LogP contribution in [-0.4, -0.2) is 12.6 Å². The van der Waals surface area contributed by atoms with Crippen LogP contribution < -0.4 is 4.90 Å². The summed E-state index contributed by atoms with van der Waals surface area (Å²) in [6.45, 7) is 3.26. The predicted octanol–water partition coefficient (Wildman–Crippen LogP) is 4.37. The highest BCUT2D eigenvalue weighted by Crippen LogP contribution is 2.31. The Hall–Kier alpha value is -1.20. The molecule has 1 heterocycles. The van der Waals surface area contributed by atoms with Crippen molar-refractivity contribution in [3.8, 4) is 6.07 Å². The van der Waals surface area contributed by atoms with Crippen LogP contribution in [0, 0.1) is 11.3 Å². The third kappa shape index (κ3) is 2.62. The molecule has 0 N–H and O–H groups in total. The molecule has 0 aromatic heterocycles. The summed E-state index contributed by atoms with van der Waals surface area (Å²) >= 11 is 6.13. The average molecular weight is 263 g/mol. The molecule has 0 bridgehead atoms. The molecule has 0 spiro atoms. The van der Waals surface area contributed by atoms with Crippen LogP contribution in [0.25, 0.3) is 0 Å². The lowest BCUT2D eigenvalue weighted by atomic mass is 10.1. The Bertz CT molecular complexity index is 450. The molecule has 1 atom stereocenters. The Morgan fingerprint density at radius 3 is 2.94 bits per heavy atom. The van der Waals surface area contributed by atoms with Gasteiger partial charge in [0.25, 0.3) is 0 Å². The van der Waals surface area contributed by atoms with Crippen LogP contribution in [0.2, 0.25) is 5.02 Å². The van der Waals surface area contributed by atoms with E-state index < -0.39 is 0 Å². The minimum absolute atomic E-state index is 0.540. The van der Waals surface area contributed by atoms with Crippen LogP contribution in [0.15, 0.2) is 18.2 Å². The Kier molecular flexibility index (Phi) is 4.49. The SMILES string of the molecule is CCC1CCCCCN1c1cccc(Cl)c1C#N. The maximum atomic E-state index is 9.30. The fraction of sp³-hybridized carbons (Fsp3) is 0.533. The second-order valence-corrected chi connectivity index (χ2v) is 5.26. The van der Waals surface area contributed by atoms with Crippen LogP contribution in [0.3, 0.4) is 0 Å². The van der Waals surface area contributed by atoms with Crippen molar-refractivity contribution >= 4 is 17.3 Å². The van der Waals surface area contributed by atoms with Crippen LogP contribution in [-0.2, 0) is 0 Å². The van der Waals surface area contributed by atoms with Gasteiger partial charge in [-0.1, -0.05) is 37.4 Å². The summed E-state index contributed by atoms with van der Waals surface area (Å²) in [5.41, 5.74) is 1.64. The lowest BCUT2D eigenvalue weighted by Gasteiger charge is -2.32. The van der Waals surface area contributed by atoms with Crippen molar-refractivity contribution in [1.29, 1.82) is 5.26 Å². The Morgan fingerprint density at radius 1 is 1.39 bits per heavy atom. The van der Waals surface area contributed by atoms with Crippen LogP contribution in [0.1, 0.15) is 44.6 Å². The highest BCUT2D eigenvalue weighted by molar-refractivity contribution is 6.32. The van der Waals surface area contributed by atoms with Crippen molar-refractivity contribution < 1.29 is 0 Å². The third-order valence-corrected chi connectivity index (χ3v) is 4.08. The Balaban J connectivity index is 2.39. The van der Waals surface area contributed by atoms with E-state index in [-0.39, 0.29) is 0 Å². The van der Waals surface area contributed by atoms with Gasteiger partial charge in [0.2, 0.25) is 0 Å². The molecule has 1 fully saturated rings. The highest BCUT2D eigenvalue weighted by Gasteiger charge is 2.22. The number of rotatable bonds is 2. The van der Waals surface area contributed by atoms with Crippen molar-refractivity contribution in [2.24, 2.45) is 0 Å². The molecular formula is C15H19ClN2. The van der Waals surface area contributed by atoms with Crippen LogP contribution in [0.5, 0.6) is 0 Å². The lowest BCUT2D eigenvalue weighted by Crippen LogP contribution is -2.34. The van der Waals surface area contributed by atoms with E-state index in [4.69, 9.17) is 11.6 Å². The topological polar surface area (TPSA) is 27.0 Å². The van der Waals surface area contributed by atoms with Crippen molar-refractivity contribution in [3.05, 3.63) is 28.8 Å². The first-order chi connectivity index (χ1) is 8.77. The van der Waals surface area contributed by atoms with Gasteiger partial charge in [0, 0.05) is 12.6 Å². The van der Waals surface area contributed by atoms with E-state index in [9.17, 15) is 5.26 Å². The second-order valence-electron chi connectivity index (χ2n) is 4.85. The number of hydrogen-bond acceptors (Lipinski definition) is 2. The quantitative estimate of drug-likeness (QED) is 0.791. The molecule has 1 aliphatic heterocycles. The van der Waals surface area contributed by atoms with Gasteiger partial charge in [0.05, 0.1) is 16.3 Å². The first kappa shape index (κ1) is 13.2. The smallest absolute Gasteiger partial charge is 0.103 e. The van der Waals surface area contributed by atoms with Crippen LogP contribution in [0.4, 0.5) is 5.69 Å². The van der Waals surface area contributed by atoms with Gasteiger partial charge in [-0.15, -0.1) is 0 Å². The number of anilines is 1. The van der Waals surface area contributed by atoms with E-state index in [0.717, 1.165) is 18.7 Å². The Morgan fingerprint density at radius 2 is 2.22 bits per heavy atom. The average Bonchev–Trinajstić information content (AvgIpc) is 2.63. The van der Waals surface area contributed by atoms with Crippen molar-refractivity contribution in [3.63, 3.8) is 0 Å². The fourth-order valence-corrected chi connectivity index (χ4v) is 2.99. The van der Waals surface area contributed by atoms with Gasteiger partial charge in [0.1, 0.15) is 6.07 Å². The molecule has 3 heteroatoms. The van der Waals surface area contributed by atoms with Crippen molar-refractivity contribution in [2.75, 3.05) is 11.4 Å². The van der Waals surface area contributed by atoms with E-state index in [0.29, 0.717) is 16.6 Å². The van der Waals surface area contributed by atoms with Crippen molar-refractivity contribution in [2.45, 2.75) is 45.1 Å². The number of nitriles is 1. The summed E-state index contributed by atoms with van der Waals surface area (Å²) in [6, 6.07) is 8.55. The van der Waals surface area contributed by atoms with Gasteiger partial charge in [-0.3, -0.25) is 0 Å². The predicted molar refractivity (Wildman–Crippen MR) is 76.1 cm³/mol. The number of benzene rings is 1. The zero-order chi connectivity index (χ0) is 13.0. The number of hydrogen-bond donors (Lipinski definition) is 0. The molecular weight excluding hydrogens is 244 g/mol. The number of nitrogens with zero attached hydrogens (tertiary/aromatic N) is 2. The maximum Gasteiger partial charge on any atom is 0.103 e. The molecule has 2 rings (SSSR count). The molecule has 96 valence electrons. The summed E-state index contributed by atoms with van der Waals surface area (Å²) in [7, 11) is 0. The molecule has 1 aromatic rings. The molecule has 0 amide bonds. The molecule has 0 saturated carbocycles. The minimum atomic E-state index is 0.540. The summed E-state index contributed by atoms with van der Waals surface area (Å²) in [4.78, 5) is 2.39. The zero-order valence-electron chi connectivity index (χ0n) is 10.8. The minimum Gasteiger partial charge on any atom is -0.367 e. The first-order valence-electron chi connectivity index (χ1n) is 6.73. The monoisotopic (exact) mass is 262 g/mol. The van der Waals surface area contributed by atoms with Gasteiger partial charge in [0.15, 0.2) is 0 Å². The standard InChI is InChI=1S/C15H19ClN2/c1-2-12-7-4-3-5-10-18(12)15-9-6-8-14(16)13(15)11-17/h6,8-9,12H,2-5,7,10H2,1H3. The summed E-state index contributed by atoms with van der Waals surface area (Å²) < 4.78 is 0. The normalized spacial score (nSPS) is 20.3. The van der Waals surface area contributed by atoms with Gasteiger partial charge in [-0.25, -0.2) is 0 Å². The first-order valence-corrected chi connectivity index (χ1v) is 7.11. The van der Waals surface area contributed by atoms with Gasteiger partial charge < -0.3 is 4.90 Å². The van der Waals surface area contributed by atoms with E-state index in [1.807, 2.05) is 12.1 Å².